The fourth-order valence-corrected chi connectivity index (χ4v) is 2.91. The molecule has 0 aromatic heterocycles. The molecule has 1 aliphatic rings. The molecule has 0 aliphatic carbocycles. The van der Waals surface area contributed by atoms with Crippen LogP contribution in [0.4, 0.5) is 4.79 Å². The summed E-state index contributed by atoms with van der Waals surface area (Å²) < 4.78 is 5.48. The second-order valence-electron chi connectivity index (χ2n) is 6.65. The van der Waals surface area contributed by atoms with Crippen LogP contribution in [0.15, 0.2) is 30.3 Å². The minimum absolute atomic E-state index is 0.0219. The summed E-state index contributed by atoms with van der Waals surface area (Å²) in [4.78, 5) is 26.2. The van der Waals surface area contributed by atoms with Gasteiger partial charge in [0.1, 0.15) is 0 Å². The monoisotopic (exact) mass is 361 g/mol. The van der Waals surface area contributed by atoms with Crippen LogP contribution in [0.25, 0.3) is 0 Å². The molecule has 6 heteroatoms. The van der Waals surface area contributed by atoms with Gasteiger partial charge in [-0.2, -0.15) is 0 Å². The number of urea groups is 1. The average molecular weight is 361 g/mol. The van der Waals surface area contributed by atoms with Gasteiger partial charge >= 0.3 is 6.03 Å². The highest BCUT2D eigenvalue weighted by Gasteiger charge is 2.23. The zero-order valence-electron chi connectivity index (χ0n) is 15.7. The molecule has 2 rings (SSSR count). The standard InChI is InChI=1S/C20H31N3O3/c1-2-3-15-26-16-7-12-21-20(25)23-13-10-18(11-14-23)22-19(24)17-8-5-4-6-9-17/h4-6,8-9,18H,2-3,7,10-16H2,1H3,(H,21,25)(H,22,24). The number of benzene rings is 1. The summed E-state index contributed by atoms with van der Waals surface area (Å²) in [6.45, 7) is 5.59. The average Bonchev–Trinajstić information content (AvgIpc) is 2.68. The van der Waals surface area contributed by atoms with Crippen molar-refractivity contribution in [3.05, 3.63) is 35.9 Å². The number of unbranched alkanes of at least 4 members (excludes halogenated alkanes) is 1. The van der Waals surface area contributed by atoms with E-state index in [4.69, 9.17) is 4.74 Å². The molecule has 0 spiro atoms. The molecule has 0 atom stereocenters. The summed E-state index contributed by atoms with van der Waals surface area (Å²) in [6, 6.07) is 9.33. The summed E-state index contributed by atoms with van der Waals surface area (Å²) in [7, 11) is 0. The molecule has 1 fully saturated rings. The smallest absolute Gasteiger partial charge is 0.317 e. The molecule has 1 aromatic rings. The first kappa shape index (κ1) is 20.2. The maximum absolute atomic E-state index is 12.2. The Hall–Kier alpha value is -2.08. The van der Waals surface area contributed by atoms with Gasteiger partial charge < -0.3 is 20.3 Å². The molecule has 0 bridgehead atoms. The number of hydrogen-bond donors (Lipinski definition) is 2. The van der Waals surface area contributed by atoms with Crippen LogP contribution >= 0.6 is 0 Å². The van der Waals surface area contributed by atoms with Crippen molar-refractivity contribution >= 4 is 11.9 Å². The maximum atomic E-state index is 12.2. The van der Waals surface area contributed by atoms with Crippen molar-refractivity contribution < 1.29 is 14.3 Å². The van der Waals surface area contributed by atoms with Gasteiger partial charge in [-0.05, 0) is 37.8 Å². The normalized spacial score (nSPS) is 14.9. The van der Waals surface area contributed by atoms with Crippen molar-refractivity contribution in [3.63, 3.8) is 0 Å². The summed E-state index contributed by atoms with van der Waals surface area (Å²) in [5, 5.41) is 6.00. The quantitative estimate of drug-likeness (QED) is 0.665. The topological polar surface area (TPSA) is 70.7 Å². The van der Waals surface area contributed by atoms with E-state index in [0.717, 1.165) is 38.7 Å². The van der Waals surface area contributed by atoms with Gasteiger partial charge in [-0.25, -0.2) is 4.79 Å². The molecule has 3 amide bonds. The highest BCUT2D eigenvalue weighted by Crippen LogP contribution is 2.11. The zero-order chi connectivity index (χ0) is 18.6. The van der Waals surface area contributed by atoms with Gasteiger partial charge in [0.05, 0.1) is 0 Å². The minimum Gasteiger partial charge on any atom is -0.381 e. The molecule has 0 radical (unpaired) electrons. The Morgan fingerprint density at radius 2 is 1.81 bits per heavy atom. The summed E-state index contributed by atoms with van der Waals surface area (Å²) >= 11 is 0. The first-order valence-corrected chi connectivity index (χ1v) is 9.67. The van der Waals surface area contributed by atoms with Crippen LogP contribution in [0.2, 0.25) is 0 Å². The molecule has 26 heavy (non-hydrogen) atoms. The number of ether oxygens (including phenoxy) is 1. The number of nitrogens with zero attached hydrogens (tertiary/aromatic N) is 1. The molecular formula is C20H31N3O3. The molecule has 1 heterocycles. The predicted molar refractivity (Wildman–Crippen MR) is 102 cm³/mol. The van der Waals surface area contributed by atoms with Gasteiger partial charge in [0.2, 0.25) is 0 Å². The summed E-state index contributed by atoms with van der Waals surface area (Å²) in [5.74, 6) is -0.0448. The number of nitrogens with one attached hydrogen (secondary N) is 2. The number of amides is 3. The molecule has 0 unspecified atom stereocenters. The van der Waals surface area contributed by atoms with Crippen LogP contribution < -0.4 is 10.6 Å². The van der Waals surface area contributed by atoms with E-state index in [1.807, 2.05) is 35.2 Å². The molecule has 6 nitrogen and oxygen atoms in total. The van der Waals surface area contributed by atoms with E-state index in [1.165, 1.54) is 0 Å². The third kappa shape index (κ3) is 7.04. The Balaban J connectivity index is 1.59. The fraction of sp³-hybridized carbons (Fsp3) is 0.600. The second-order valence-corrected chi connectivity index (χ2v) is 6.65. The van der Waals surface area contributed by atoms with Crippen molar-refractivity contribution in [3.8, 4) is 0 Å². The fourth-order valence-electron chi connectivity index (χ4n) is 2.91. The Labute approximate surface area is 156 Å². The number of hydrogen-bond acceptors (Lipinski definition) is 3. The van der Waals surface area contributed by atoms with Crippen LogP contribution in [0.5, 0.6) is 0 Å². The van der Waals surface area contributed by atoms with Crippen LogP contribution in [0.1, 0.15) is 49.4 Å². The highest BCUT2D eigenvalue weighted by molar-refractivity contribution is 5.94. The lowest BCUT2D eigenvalue weighted by Gasteiger charge is -2.32. The molecule has 1 saturated heterocycles. The molecule has 1 aliphatic heterocycles. The van der Waals surface area contributed by atoms with E-state index in [-0.39, 0.29) is 18.0 Å². The van der Waals surface area contributed by atoms with E-state index in [2.05, 4.69) is 17.6 Å². The Morgan fingerprint density at radius 3 is 2.50 bits per heavy atom. The molecule has 0 saturated carbocycles. The van der Waals surface area contributed by atoms with Gasteiger partial charge in [-0.15, -0.1) is 0 Å². The first-order chi connectivity index (χ1) is 12.7. The lowest BCUT2D eigenvalue weighted by atomic mass is 10.0. The van der Waals surface area contributed by atoms with Gasteiger partial charge in [0.25, 0.3) is 5.91 Å². The van der Waals surface area contributed by atoms with Gasteiger partial charge in [-0.3, -0.25) is 4.79 Å². The van der Waals surface area contributed by atoms with Gasteiger partial charge in [0, 0.05) is 44.5 Å². The lowest BCUT2D eigenvalue weighted by molar-refractivity contribution is 0.0918. The molecule has 2 N–H and O–H groups in total. The third-order valence-electron chi connectivity index (χ3n) is 4.54. The predicted octanol–water partition coefficient (Wildman–Crippen LogP) is 2.80. The Bertz CT molecular complexity index is 542. The molecule has 1 aromatic carbocycles. The number of carbonyl (C=O) groups is 2. The van der Waals surface area contributed by atoms with E-state index in [1.54, 1.807) is 0 Å². The van der Waals surface area contributed by atoms with Crippen LogP contribution in [0.3, 0.4) is 0 Å². The van der Waals surface area contributed by atoms with Crippen molar-refractivity contribution in [2.45, 2.75) is 45.1 Å². The van der Waals surface area contributed by atoms with Gasteiger partial charge in [-0.1, -0.05) is 31.5 Å². The van der Waals surface area contributed by atoms with Crippen LogP contribution in [0, 0.1) is 0 Å². The van der Waals surface area contributed by atoms with E-state index in [9.17, 15) is 9.59 Å². The number of carbonyl (C=O) groups excluding carboxylic acids is 2. The number of likely N-dealkylation sites (tertiary alicyclic amines) is 1. The van der Waals surface area contributed by atoms with Gasteiger partial charge in [0.15, 0.2) is 0 Å². The highest BCUT2D eigenvalue weighted by atomic mass is 16.5. The van der Waals surface area contributed by atoms with E-state index in [0.29, 0.717) is 31.8 Å². The van der Waals surface area contributed by atoms with Crippen molar-refractivity contribution in [2.24, 2.45) is 0 Å². The second kappa shape index (κ2) is 11.5. The number of rotatable bonds is 9. The minimum atomic E-state index is -0.0448. The largest absolute Gasteiger partial charge is 0.381 e. The third-order valence-corrected chi connectivity index (χ3v) is 4.54. The van der Waals surface area contributed by atoms with E-state index < -0.39 is 0 Å². The molecule has 144 valence electrons. The van der Waals surface area contributed by atoms with E-state index >= 15 is 0 Å². The lowest BCUT2D eigenvalue weighted by Crippen LogP contribution is -2.49. The zero-order valence-corrected chi connectivity index (χ0v) is 15.7. The Kier molecular flexibility index (Phi) is 8.96. The van der Waals surface area contributed by atoms with Crippen molar-refractivity contribution in [1.29, 1.82) is 0 Å². The summed E-state index contributed by atoms with van der Waals surface area (Å²) in [6.07, 6.45) is 4.62. The maximum Gasteiger partial charge on any atom is 0.317 e. The first-order valence-electron chi connectivity index (χ1n) is 9.67. The van der Waals surface area contributed by atoms with Crippen molar-refractivity contribution in [1.82, 2.24) is 15.5 Å². The molecular weight excluding hydrogens is 330 g/mol. The van der Waals surface area contributed by atoms with Crippen LogP contribution in [-0.4, -0.2) is 55.7 Å². The van der Waals surface area contributed by atoms with Crippen molar-refractivity contribution in [2.75, 3.05) is 32.8 Å². The Morgan fingerprint density at radius 1 is 1.12 bits per heavy atom. The summed E-state index contributed by atoms with van der Waals surface area (Å²) in [5.41, 5.74) is 0.675. The number of piperidine rings is 1. The van der Waals surface area contributed by atoms with Crippen LogP contribution in [-0.2, 0) is 4.74 Å². The SMILES string of the molecule is CCCCOCCCNC(=O)N1CCC(NC(=O)c2ccccc2)CC1.